The average molecular weight is 874 g/mol. The highest BCUT2D eigenvalue weighted by atomic mass is 19.1. The van der Waals surface area contributed by atoms with Gasteiger partial charge in [-0.3, -0.25) is 15.0 Å². The number of hydrogen-bond donors (Lipinski definition) is 0. The third kappa shape index (κ3) is 8.55. The van der Waals surface area contributed by atoms with Crippen LogP contribution in [0.2, 0.25) is 0 Å². The molecule has 0 N–H and O–H groups in total. The molecule has 0 saturated carbocycles. The Kier molecular flexibility index (Phi) is 11.4. The van der Waals surface area contributed by atoms with E-state index in [0.717, 1.165) is 117 Å². The van der Waals surface area contributed by atoms with Gasteiger partial charge in [0.15, 0.2) is 0 Å². The fraction of sp³-hybridized carbons (Fsp3) is 0.0156. The third-order valence-corrected chi connectivity index (χ3v) is 12.7. The van der Waals surface area contributed by atoms with Crippen molar-refractivity contribution in [3.05, 3.63) is 260 Å². The van der Waals surface area contributed by atoms with E-state index in [1.165, 1.54) is 6.07 Å². The molecule has 0 atom stereocenters. The summed E-state index contributed by atoms with van der Waals surface area (Å²) in [6, 6.07) is 80.0. The van der Waals surface area contributed by atoms with Crippen molar-refractivity contribution in [3.63, 3.8) is 0 Å². The first kappa shape index (κ1) is 41.8. The molecule has 0 spiro atoms. The van der Waals surface area contributed by atoms with Gasteiger partial charge in [-0.25, -0.2) is 4.39 Å². The van der Waals surface area contributed by atoms with Crippen molar-refractivity contribution in [2.45, 2.75) is 6.92 Å². The zero-order valence-electron chi connectivity index (χ0n) is 37.4. The molecular formula is C64H44FN3. The summed E-state index contributed by atoms with van der Waals surface area (Å²) in [5, 5.41) is 0. The minimum Gasteiger partial charge on any atom is -0.256 e. The Balaban J connectivity index is 1.01. The second-order valence-corrected chi connectivity index (χ2v) is 17.0. The third-order valence-electron chi connectivity index (χ3n) is 12.7. The van der Waals surface area contributed by atoms with Gasteiger partial charge in [-0.1, -0.05) is 170 Å². The van der Waals surface area contributed by atoms with Gasteiger partial charge in [-0.2, -0.15) is 0 Å². The van der Waals surface area contributed by atoms with Crippen molar-refractivity contribution < 1.29 is 4.39 Å². The van der Waals surface area contributed by atoms with Crippen LogP contribution < -0.4 is 0 Å². The Morgan fingerprint density at radius 3 is 1.00 bits per heavy atom. The molecule has 0 radical (unpaired) electrons. The topological polar surface area (TPSA) is 38.7 Å². The molecule has 3 aromatic heterocycles. The molecular weight excluding hydrogens is 830 g/mol. The quantitative estimate of drug-likeness (QED) is 0.137. The molecule has 0 fully saturated rings. The minimum atomic E-state index is -0.259. The van der Waals surface area contributed by atoms with Crippen molar-refractivity contribution in [1.29, 1.82) is 0 Å². The van der Waals surface area contributed by atoms with E-state index in [0.29, 0.717) is 0 Å². The molecule has 8 aromatic carbocycles. The number of halogens is 1. The van der Waals surface area contributed by atoms with Crippen LogP contribution in [0.4, 0.5) is 4.39 Å². The number of nitrogens with zero attached hydrogens (tertiary/aromatic N) is 3. The lowest BCUT2D eigenvalue weighted by atomic mass is 9.86. The molecule has 0 saturated heterocycles. The highest BCUT2D eigenvalue weighted by molar-refractivity contribution is 5.94. The maximum absolute atomic E-state index is 14.1. The van der Waals surface area contributed by atoms with Crippen LogP contribution in [0.25, 0.3) is 112 Å². The van der Waals surface area contributed by atoms with E-state index < -0.39 is 0 Å². The van der Waals surface area contributed by atoms with Crippen LogP contribution in [-0.4, -0.2) is 15.0 Å². The lowest BCUT2D eigenvalue weighted by Gasteiger charge is -2.18. The van der Waals surface area contributed by atoms with E-state index in [4.69, 9.17) is 4.98 Å². The van der Waals surface area contributed by atoms with E-state index >= 15 is 0 Å². The normalized spacial score (nSPS) is 11.1. The zero-order chi connectivity index (χ0) is 45.8. The van der Waals surface area contributed by atoms with Crippen molar-refractivity contribution in [2.75, 3.05) is 0 Å². The first-order chi connectivity index (χ1) is 33.5. The summed E-state index contributed by atoms with van der Waals surface area (Å²) < 4.78 is 14.1. The predicted octanol–water partition coefficient (Wildman–Crippen LogP) is 17.0. The second-order valence-electron chi connectivity index (χ2n) is 17.0. The SMILES string of the molecule is Cc1cc(-c2ccc(-c3ccccc3-c3cc(-c4ccccc4-c4ccc(-c5ccccn5)cc4)cc(-c4ccccc4-c4ccc(-c5ccccn5)cc4)c3)cc2)ncc1-c1cccc(F)c1. The van der Waals surface area contributed by atoms with Crippen LogP contribution >= 0.6 is 0 Å². The van der Waals surface area contributed by atoms with Crippen LogP contribution in [0.3, 0.4) is 0 Å². The average Bonchev–Trinajstić information content (AvgIpc) is 3.41. The fourth-order valence-electron chi connectivity index (χ4n) is 9.25. The summed E-state index contributed by atoms with van der Waals surface area (Å²) in [6.45, 7) is 2.05. The van der Waals surface area contributed by atoms with Crippen LogP contribution in [0.15, 0.2) is 249 Å². The van der Waals surface area contributed by atoms with Gasteiger partial charge in [0, 0.05) is 40.8 Å². The Morgan fingerprint density at radius 2 is 0.632 bits per heavy atom. The fourth-order valence-corrected chi connectivity index (χ4v) is 9.25. The molecule has 322 valence electrons. The molecule has 3 heterocycles. The molecule has 0 aliphatic heterocycles. The van der Waals surface area contributed by atoms with Gasteiger partial charge < -0.3 is 0 Å². The number of aryl methyl sites for hydroxylation is 1. The lowest BCUT2D eigenvalue weighted by molar-refractivity contribution is 0.628. The zero-order valence-corrected chi connectivity index (χ0v) is 37.4. The minimum absolute atomic E-state index is 0.259. The number of rotatable bonds is 10. The van der Waals surface area contributed by atoms with Gasteiger partial charge in [0.05, 0.1) is 17.1 Å². The van der Waals surface area contributed by atoms with Crippen LogP contribution in [-0.2, 0) is 0 Å². The molecule has 0 aliphatic carbocycles. The standard InChI is InChI=1S/C64H44FN3/c1-43-37-64(68-42-61(43)50-13-12-14-54(65)41-50)49-33-27-46(28-34-49)57-17-4-7-20-60(57)53-39-51(58-18-5-2-15-55(58)44-23-29-47(30-24-44)62-21-8-10-35-66-62)38-52(40-53)59-19-6-3-16-56(59)45-25-31-48(32-26-45)63-22-9-11-36-67-63/h2-42H,1H3. The van der Waals surface area contributed by atoms with Crippen molar-refractivity contribution in [2.24, 2.45) is 0 Å². The molecule has 0 aliphatic rings. The smallest absolute Gasteiger partial charge is 0.123 e. The summed E-state index contributed by atoms with van der Waals surface area (Å²) in [4.78, 5) is 14.0. The van der Waals surface area contributed by atoms with Gasteiger partial charge in [-0.05, 0) is 145 Å². The van der Waals surface area contributed by atoms with E-state index in [1.54, 1.807) is 12.1 Å². The van der Waals surface area contributed by atoms with Gasteiger partial charge in [0.2, 0.25) is 0 Å². The lowest BCUT2D eigenvalue weighted by Crippen LogP contribution is -1.92. The van der Waals surface area contributed by atoms with E-state index in [9.17, 15) is 4.39 Å². The maximum atomic E-state index is 14.1. The summed E-state index contributed by atoms with van der Waals surface area (Å²) in [5.74, 6) is -0.259. The predicted molar refractivity (Wildman–Crippen MR) is 279 cm³/mol. The van der Waals surface area contributed by atoms with Crippen molar-refractivity contribution in [3.8, 4) is 112 Å². The van der Waals surface area contributed by atoms with Crippen molar-refractivity contribution >= 4 is 0 Å². The van der Waals surface area contributed by atoms with Gasteiger partial charge in [-0.15, -0.1) is 0 Å². The summed E-state index contributed by atoms with van der Waals surface area (Å²) in [5.41, 5.74) is 22.3. The summed E-state index contributed by atoms with van der Waals surface area (Å²) in [7, 11) is 0. The van der Waals surface area contributed by atoms with Crippen LogP contribution in [0.1, 0.15) is 5.56 Å². The molecule has 68 heavy (non-hydrogen) atoms. The van der Waals surface area contributed by atoms with Gasteiger partial charge in [0.25, 0.3) is 0 Å². The molecule has 0 unspecified atom stereocenters. The van der Waals surface area contributed by atoms with E-state index in [1.807, 2.05) is 68.0 Å². The number of hydrogen-bond acceptors (Lipinski definition) is 3. The van der Waals surface area contributed by atoms with E-state index in [-0.39, 0.29) is 5.82 Å². The van der Waals surface area contributed by atoms with Crippen molar-refractivity contribution in [1.82, 2.24) is 15.0 Å². The molecule has 4 heteroatoms. The van der Waals surface area contributed by atoms with Crippen LogP contribution in [0, 0.1) is 12.7 Å². The Morgan fingerprint density at radius 1 is 0.265 bits per heavy atom. The second kappa shape index (κ2) is 18.6. The summed E-state index contributed by atoms with van der Waals surface area (Å²) in [6.07, 6.45) is 5.52. The summed E-state index contributed by atoms with van der Waals surface area (Å²) >= 11 is 0. The van der Waals surface area contributed by atoms with Crippen LogP contribution in [0.5, 0.6) is 0 Å². The molecule has 0 amide bonds. The Hall–Kier alpha value is -8.86. The number of pyridine rings is 3. The van der Waals surface area contributed by atoms with E-state index in [2.05, 4.69) is 180 Å². The molecule has 11 rings (SSSR count). The monoisotopic (exact) mass is 873 g/mol. The molecule has 0 bridgehead atoms. The Bertz CT molecular complexity index is 3400. The Labute approximate surface area is 396 Å². The number of benzene rings is 8. The first-order valence-electron chi connectivity index (χ1n) is 22.8. The number of aromatic nitrogens is 3. The van der Waals surface area contributed by atoms with Gasteiger partial charge >= 0.3 is 0 Å². The molecule has 3 nitrogen and oxygen atoms in total. The maximum Gasteiger partial charge on any atom is 0.123 e. The van der Waals surface area contributed by atoms with Gasteiger partial charge in [0.1, 0.15) is 5.82 Å². The molecule has 11 aromatic rings. The highest BCUT2D eigenvalue weighted by Crippen LogP contribution is 2.43. The highest BCUT2D eigenvalue weighted by Gasteiger charge is 2.17. The first-order valence-corrected chi connectivity index (χ1v) is 22.8. The largest absolute Gasteiger partial charge is 0.256 e.